The highest BCUT2D eigenvalue weighted by Crippen LogP contribution is 2.32. The molecule has 1 fully saturated rings. The molecule has 1 saturated heterocycles. The van der Waals surface area contributed by atoms with Crippen molar-refractivity contribution in [1.29, 1.82) is 0 Å². The van der Waals surface area contributed by atoms with Crippen molar-refractivity contribution in [2.75, 3.05) is 69.7 Å². The van der Waals surface area contributed by atoms with Gasteiger partial charge in [-0.1, -0.05) is 13.3 Å². The number of rotatable bonds is 12. The molecule has 0 aliphatic carbocycles. The second-order valence-electron chi connectivity index (χ2n) is 8.73. The van der Waals surface area contributed by atoms with Gasteiger partial charge in [0.15, 0.2) is 0 Å². The Balaban J connectivity index is 0. The second kappa shape index (κ2) is 26.6. The number of amides is 1. The Bertz CT molecular complexity index is 991. The van der Waals surface area contributed by atoms with E-state index in [0.717, 1.165) is 91.0 Å². The number of nitrogens with two attached hydrogens (primary N) is 1. The number of hydrogen-bond acceptors (Lipinski definition) is 14. The molecule has 3 heterocycles. The van der Waals surface area contributed by atoms with Gasteiger partial charge in [-0.15, -0.1) is 0 Å². The van der Waals surface area contributed by atoms with E-state index < -0.39 is 11.9 Å². The van der Waals surface area contributed by atoms with E-state index in [1.165, 1.54) is 0 Å². The van der Waals surface area contributed by atoms with Gasteiger partial charge in [-0.3, -0.25) is 24.2 Å². The summed E-state index contributed by atoms with van der Waals surface area (Å²) >= 11 is 0. The Morgan fingerprint density at radius 1 is 0.977 bits per heavy atom. The fourth-order valence-electron chi connectivity index (χ4n) is 3.57. The van der Waals surface area contributed by atoms with Gasteiger partial charge in [0.25, 0.3) is 11.9 Å². The van der Waals surface area contributed by atoms with Crippen LogP contribution in [0.3, 0.4) is 0 Å². The highest BCUT2D eigenvalue weighted by Gasteiger charge is 2.31. The Hall–Kier alpha value is -4.27. The van der Waals surface area contributed by atoms with E-state index >= 15 is 0 Å². The number of nitrogens with zero attached hydrogens (tertiary/aromatic N) is 4. The number of nitrogen functional groups attached to an aromatic ring is 1. The molecule has 0 atom stereocenters. The molecule has 5 N–H and O–H groups in total. The number of anilines is 2. The van der Waals surface area contributed by atoms with Gasteiger partial charge in [0.05, 0.1) is 26.2 Å². The normalized spacial score (nSPS) is 13.0. The van der Waals surface area contributed by atoms with E-state index in [2.05, 4.69) is 27.1 Å². The van der Waals surface area contributed by atoms with Crippen LogP contribution in [0.2, 0.25) is 0 Å². The smallest absolute Gasteiger partial charge is 0.373 e. The van der Waals surface area contributed by atoms with Crippen molar-refractivity contribution < 1.29 is 53.2 Å². The van der Waals surface area contributed by atoms with Gasteiger partial charge >= 0.3 is 18.3 Å². The highest BCUT2D eigenvalue weighted by molar-refractivity contribution is 6.01. The third kappa shape index (κ3) is 22.1. The lowest BCUT2D eigenvalue weighted by atomic mass is 10.2. The molecule has 0 unspecified atom stereocenters. The minimum atomic E-state index is -0.833. The number of fused-ring (bicyclic) bond motifs is 1. The van der Waals surface area contributed by atoms with Crippen LogP contribution >= 0.6 is 0 Å². The van der Waals surface area contributed by atoms with Crippen LogP contribution in [-0.4, -0.2) is 114 Å². The lowest BCUT2D eigenvalue weighted by molar-refractivity contribution is -0.193. The van der Waals surface area contributed by atoms with Gasteiger partial charge < -0.3 is 30.7 Å². The Morgan fingerprint density at radius 2 is 1.49 bits per heavy atom. The zero-order valence-corrected chi connectivity index (χ0v) is 24.8. The highest BCUT2D eigenvalue weighted by atomic mass is 16.5. The number of aliphatic carboxylic acids is 2. The molecule has 1 amide bonds. The molecule has 2 aliphatic heterocycles. The number of hydrogen-bond donors (Lipinski definition) is 4. The maximum Gasteiger partial charge on any atom is 0.373 e. The van der Waals surface area contributed by atoms with Crippen molar-refractivity contribution in [3.05, 3.63) is 5.56 Å². The molecule has 0 aromatic carbocycles. The molecular weight excluding hydrogens is 572 g/mol. The maximum absolute atomic E-state index is 12.4. The van der Waals surface area contributed by atoms with E-state index in [0.29, 0.717) is 24.8 Å². The first kappa shape index (κ1) is 40.9. The quantitative estimate of drug-likeness (QED) is 0.223. The van der Waals surface area contributed by atoms with E-state index in [-0.39, 0.29) is 30.6 Å². The molecule has 0 radical (unpaired) electrons. The molecule has 2 aliphatic rings. The number of carbonyl (C=O) groups is 3. The van der Waals surface area contributed by atoms with Gasteiger partial charge in [-0.2, -0.15) is 29.1 Å². The van der Waals surface area contributed by atoms with E-state index in [4.69, 9.17) is 54.2 Å². The number of carboxylic acids is 2. The first-order valence-corrected chi connectivity index (χ1v) is 13.5. The maximum atomic E-state index is 12.4. The van der Waals surface area contributed by atoms with Crippen molar-refractivity contribution in [2.24, 2.45) is 0 Å². The van der Waals surface area contributed by atoms with Crippen LogP contribution in [0.1, 0.15) is 52.0 Å². The fourth-order valence-corrected chi connectivity index (χ4v) is 3.57. The molecule has 3 rings (SSSR count). The van der Waals surface area contributed by atoms with Gasteiger partial charge in [0.2, 0.25) is 5.91 Å². The summed E-state index contributed by atoms with van der Waals surface area (Å²) in [5, 5.41) is 18.3. The van der Waals surface area contributed by atoms with Crippen molar-refractivity contribution in [3.8, 4) is 6.01 Å². The third-order valence-electron chi connectivity index (χ3n) is 5.28. The first-order valence-electron chi connectivity index (χ1n) is 13.5. The number of unbranched alkanes of at least 4 members (excludes halogenated alkanes) is 1. The van der Waals surface area contributed by atoms with E-state index in [1.807, 2.05) is 0 Å². The SMILES string of the molecule is CC(=O)O.CC(=O)O.CCCCOc1nc(N)c2c(n1)N(CCCNCCCN1CCOCC1)C(=O)C2.O=C=O.O=C=O. The van der Waals surface area contributed by atoms with Gasteiger partial charge in [0, 0.05) is 39.0 Å². The van der Waals surface area contributed by atoms with Gasteiger partial charge in [-0.05, 0) is 38.9 Å². The summed E-state index contributed by atoms with van der Waals surface area (Å²) in [5.41, 5.74) is 6.76. The van der Waals surface area contributed by atoms with Crippen molar-refractivity contribution in [3.63, 3.8) is 0 Å². The number of carbonyl (C=O) groups excluding carboxylic acids is 5. The van der Waals surface area contributed by atoms with Crippen LogP contribution in [0.15, 0.2) is 0 Å². The average molecular weight is 615 g/mol. The summed E-state index contributed by atoms with van der Waals surface area (Å²) in [6.45, 7) is 12.1. The number of morpholine rings is 1. The zero-order valence-electron chi connectivity index (χ0n) is 24.8. The van der Waals surface area contributed by atoms with E-state index in [1.54, 1.807) is 4.90 Å². The van der Waals surface area contributed by atoms with Crippen LogP contribution in [-0.2, 0) is 44.7 Å². The molecule has 242 valence electrons. The van der Waals surface area contributed by atoms with Crippen molar-refractivity contribution in [1.82, 2.24) is 20.2 Å². The van der Waals surface area contributed by atoms with Crippen LogP contribution in [0.5, 0.6) is 6.01 Å². The molecule has 1 aromatic heterocycles. The summed E-state index contributed by atoms with van der Waals surface area (Å²) in [5.74, 6) is -0.682. The minimum Gasteiger partial charge on any atom is -0.481 e. The van der Waals surface area contributed by atoms with Crippen LogP contribution in [0, 0.1) is 0 Å². The van der Waals surface area contributed by atoms with Crippen LogP contribution in [0.4, 0.5) is 11.6 Å². The number of aromatic nitrogens is 2. The van der Waals surface area contributed by atoms with Gasteiger partial charge in [-0.25, -0.2) is 0 Å². The molecule has 0 bridgehead atoms. The third-order valence-corrected chi connectivity index (χ3v) is 5.28. The number of nitrogens with one attached hydrogen (secondary N) is 1. The number of carboxylic acid groups (broad SMARTS) is 2. The summed E-state index contributed by atoms with van der Waals surface area (Å²) in [4.78, 5) is 75.7. The second-order valence-corrected chi connectivity index (χ2v) is 8.73. The minimum absolute atomic E-state index is 0.0269. The molecule has 17 nitrogen and oxygen atoms in total. The van der Waals surface area contributed by atoms with Gasteiger partial charge in [0.1, 0.15) is 11.6 Å². The first-order chi connectivity index (χ1) is 20.5. The van der Waals surface area contributed by atoms with Crippen LogP contribution < -0.4 is 20.7 Å². The molecular formula is C26H42N6O11. The molecule has 43 heavy (non-hydrogen) atoms. The lowest BCUT2D eigenvalue weighted by Gasteiger charge is -2.26. The summed E-state index contributed by atoms with van der Waals surface area (Å²) in [7, 11) is 0. The standard InChI is InChI=1S/C20H34N6O3.2C2H4O2.2CO2/c1-2-3-12-29-20-23-18(21)16-15-17(27)26(19(16)24-20)9-5-7-22-6-4-8-25-10-13-28-14-11-25;2*1-2(3)4;2*2-1-3/h22H,2-15H2,1H3,(H2,21,23,24);2*1H3,(H,3,4);;. The molecule has 1 aromatic rings. The predicted molar refractivity (Wildman–Crippen MR) is 149 cm³/mol. The average Bonchev–Trinajstić information content (AvgIpc) is 3.25. The topological polar surface area (TPSA) is 249 Å². The Kier molecular flexibility index (Phi) is 25.3. The zero-order chi connectivity index (χ0) is 33.0. The van der Waals surface area contributed by atoms with Crippen molar-refractivity contribution in [2.45, 2.75) is 52.9 Å². The Morgan fingerprint density at radius 3 is 2.00 bits per heavy atom. The van der Waals surface area contributed by atoms with Crippen molar-refractivity contribution >= 4 is 41.8 Å². The largest absolute Gasteiger partial charge is 0.481 e. The monoisotopic (exact) mass is 614 g/mol. The van der Waals surface area contributed by atoms with Crippen LogP contribution in [0.25, 0.3) is 0 Å². The number of ether oxygens (including phenoxy) is 2. The molecule has 0 spiro atoms. The lowest BCUT2D eigenvalue weighted by Crippen LogP contribution is -2.37. The summed E-state index contributed by atoms with van der Waals surface area (Å²) in [6.07, 6.45) is 4.71. The predicted octanol–water partition coefficient (Wildman–Crippen LogP) is -0.156. The van der Waals surface area contributed by atoms with E-state index in [9.17, 15) is 4.79 Å². The molecule has 17 heteroatoms. The fraction of sp³-hybridized carbons (Fsp3) is 0.654. The summed E-state index contributed by atoms with van der Waals surface area (Å²) < 4.78 is 11.0. The summed E-state index contributed by atoms with van der Waals surface area (Å²) in [6, 6.07) is 0.260. The Labute approximate surface area is 249 Å². The molecule has 0 saturated carbocycles.